The van der Waals surface area contributed by atoms with E-state index in [0.717, 1.165) is 6.26 Å². The van der Waals surface area contributed by atoms with Crippen LogP contribution in [-0.2, 0) is 15.5 Å². The molecule has 1 aliphatic carbocycles. The fourth-order valence-corrected chi connectivity index (χ4v) is 2.76. The lowest BCUT2D eigenvalue weighted by Gasteiger charge is -2.29. The molecule has 1 N–H and O–H groups in total. The lowest BCUT2D eigenvalue weighted by atomic mass is 9.95. The summed E-state index contributed by atoms with van der Waals surface area (Å²) in [6, 6.07) is 0. The van der Waals surface area contributed by atoms with Crippen LogP contribution >= 0.6 is 0 Å². The molecule has 3 unspecified atom stereocenters. The molecule has 1 rings (SSSR count). The zero-order valence-corrected chi connectivity index (χ0v) is 14.7. The van der Waals surface area contributed by atoms with E-state index in [1.165, 1.54) is 0 Å². The quantitative estimate of drug-likeness (QED) is 0.591. The van der Waals surface area contributed by atoms with Crippen LogP contribution < -0.4 is 5.32 Å². The second-order valence-electron chi connectivity index (χ2n) is 6.38. The number of alkyl halides is 2. The molecule has 0 aliphatic heterocycles. The number of carbonyl (C=O) groups is 1. The maximum Gasteiger partial charge on any atom is 0.407 e. The Morgan fingerprint density at radius 3 is 2.50 bits per heavy atom. The first kappa shape index (κ1) is 20.7. The third kappa shape index (κ3) is 5.06. The molecule has 0 bridgehead atoms. The molecule has 0 saturated heterocycles. The van der Waals surface area contributed by atoms with Gasteiger partial charge in [-0.25, -0.2) is 22.4 Å². The van der Waals surface area contributed by atoms with E-state index >= 15 is 0 Å². The van der Waals surface area contributed by atoms with Gasteiger partial charge in [-0.3, -0.25) is 4.21 Å². The largest absolute Gasteiger partial charge is 0.444 e. The van der Waals surface area contributed by atoms with Gasteiger partial charge in [0, 0.05) is 24.4 Å². The lowest BCUT2D eigenvalue weighted by molar-refractivity contribution is 0.0527. The third-order valence-electron chi connectivity index (χ3n) is 3.20. The van der Waals surface area contributed by atoms with Crippen LogP contribution in [-0.4, -0.2) is 39.9 Å². The maximum atomic E-state index is 14.3. The summed E-state index contributed by atoms with van der Waals surface area (Å²) < 4.78 is 72.0. The average Bonchev–Trinajstić information content (AvgIpc) is 2.42. The molecule has 0 spiro atoms. The molecule has 0 aromatic carbocycles. The number of amides is 1. The van der Waals surface area contributed by atoms with Crippen molar-refractivity contribution < 1.29 is 31.3 Å². The number of ether oxygens (including phenoxy) is 1. The van der Waals surface area contributed by atoms with Crippen molar-refractivity contribution in [2.45, 2.75) is 50.4 Å². The molecule has 3 atom stereocenters. The Hall–Kier alpha value is -1.38. The monoisotopic (exact) mass is 371 g/mol. The molecule has 0 aromatic heterocycles. The molecule has 1 aliphatic rings. The number of alkyl carbamates (subject to hydrolysis) is 1. The first-order chi connectivity index (χ1) is 10.9. The van der Waals surface area contributed by atoms with Gasteiger partial charge in [0.25, 0.3) is 0 Å². The number of rotatable bonds is 5. The van der Waals surface area contributed by atoms with Crippen molar-refractivity contribution in [2.24, 2.45) is 0 Å². The highest BCUT2D eigenvalue weighted by Gasteiger charge is 2.49. The highest BCUT2D eigenvalue weighted by atomic mass is 32.2. The molecule has 0 fully saturated rings. The fourth-order valence-electron chi connectivity index (χ4n) is 2.06. The third-order valence-corrected chi connectivity index (χ3v) is 4.40. The maximum absolute atomic E-state index is 14.3. The van der Waals surface area contributed by atoms with E-state index in [0.29, 0.717) is 0 Å². The fraction of sp³-hybridized carbons (Fsp3) is 0.667. The molecule has 1 amide bonds. The van der Waals surface area contributed by atoms with E-state index in [-0.39, 0.29) is 25.5 Å². The number of halogens is 4. The van der Waals surface area contributed by atoms with Crippen LogP contribution in [0.1, 0.15) is 33.6 Å². The molecular formula is C15H21F4NO3S. The molecule has 0 aromatic rings. The van der Waals surface area contributed by atoms with E-state index < -0.39 is 50.9 Å². The van der Waals surface area contributed by atoms with E-state index in [4.69, 9.17) is 4.74 Å². The topological polar surface area (TPSA) is 55.4 Å². The number of nitrogens with one attached hydrogen (secondary N) is 1. The molecule has 0 heterocycles. The number of hydrogen-bond donors (Lipinski definition) is 1. The normalized spacial score (nSPS) is 26.0. The second kappa shape index (κ2) is 7.67. The Kier molecular flexibility index (Phi) is 6.60. The van der Waals surface area contributed by atoms with Crippen LogP contribution in [0.5, 0.6) is 0 Å². The highest BCUT2D eigenvalue weighted by molar-refractivity contribution is 7.85. The summed E-state index contributed by atoms with van der Waals surface area (Å²) in [5.74, 6) is -3.06. The SMILES string of the molecule is CS(=O)C1(F)C=C(F)C(F)=C(CCCNC(=O)OC(C)(C)C)C1F. The number of allylic oxidation sites excluding steroid dienone is 3. The zero-order valence-electron chi connectivity index (χ0n) is 13.9. The Labute approximate surface area is 140 Å². The van der Waals surface area contributed by atoms with Crippen LogP contribution in [0.2, 0.25) is 0 Å². The highest BCUT2D eigenvalue weighted by Crippen LogP contribution is 2.41. The van der Waals surface area contributed by atoms with Crippen molar-refractivity contribution in [2.75, 3.05) is 12.8 Å². The molecule has 9 heteroatoms. The van der Waals surface area contributed by atoms with Crippen molar-refractivity contribution in [1.29, 1.82) is 0 Å². The molecule has 0 saturated carbocycles. The van der Waals surface area contributed by atoms with E-state index in [1.807, 2.05) is 0 Å². The minimum Gasteiger partial charge on any atom is -0.444 e. The van der Waals surface area contributed by atoms with Crippen molar-refractivity contribution in [3.05, 3.63) is 23.3 Å². The lowest BCUT2D eigenvalue weighted by Crippen LogP contribution is -2.41. The smallest absolute Gasteiger partial charge is 0.407 e. The minimum atomic E-state index is -3.10. The van der Waals surface area contributed by atoms with E-state index in [9.17, 15) is 26.6 Å². The van der Waals surface area contributed by atoms with Gasteiger partial charge in [0.05, 0.1) is 10.8 Å². The summed E-state index contributed by atoms with van der Waals surface area (Å²) in [5.41, 5.74) is -1.43. The Bertz CT molecular complexity index is 586. The summed E-state index contributed by atoms with van der Waals surface area (Å²) in [6.45, 7) is 5.01. The number of hydrogen-bond acceptors (Lipinski definition) is 3. The van der Waals surface area contributed by atoms with Crippen LogP contribution in [0.3, 0.4) is 0 Å². The predicted molar refractivity (Wildman–Crippen MR) is 83.6 cm³/mol. The minimum absolute atomic E-state index is 0.00174. The molecule has 138 valence electrons. The second-order valence-corrected chi connectivity index (χ2v) is 7.91. The summed E-state index contributed by atoms with van der Waals surface area (Å²) in [4.78, 5) is 11.4. The zero-order chi connectivity index (χ0) is 18.7. The van der Waals surface area contributed by atoms with Gasteiger partial charge in [0.15, 0.2) is 17.8 Å². The first-order valence-electron chi connectivity index (χ1n) is 7.29. The summed E-state index contributed by atoms with van der Waals surface area (Å²) in [7, 11) is -2.38. The summed E-state index contributed by atoms with van der Waals surface area (Å²) in [5, 5.41) is -0.731. The Balaban J connectivity index is 2.67. The Morgan fingerprint density at radius 1 is 1.42 bits per heavy atom. The van der Waals surface area contributed by atoms with Gasteiger partial charge in [0.1, 0.15) is 5.60 Å². The first-order valence-corrected chi connectivity index (χ1v) is 8.85. The van der Waals surface area contributed by atoms with Gasteiger partial charge in [-0.15, -0.1) is 0 Å². The number of carbonyl (C=O) groups excluding carboxylic acids is 1. The standard InChI is InChI=1S/C15H21F4NO3S/c1-14(2,3)23-13(21)20-7-5-6-9-11(17)10(16)8-15(19,12(9)18)24(4)22/h8,12H,5-7H2,1-4H3,(H,20,21). The van der Waals surface area contributed by atoms with Gasteiger partial charge in [-0.1, -0.05) is 0 Å². The summed E-state index contributed by atoms with van der Waals surface area (Å²) in [6.07, 6.45) is -2.62. The molecule has 4 nitrogen and oxygen atoms in total. The molecular weight excluding hydrogens is 350 g/mol. The van der Waals surface area contributed by atoms with Gasteiger partial charge in [-0.05, 0) is 33.6 Å². The van der Waals surface area contributed by atoms with Gasteiger partial charge in [0.2, 0.25) is 5.00 Å². The van der Waals surface area contributed by atoms with Crippen LogP contribution in [0.15, 0.2) is 23.3 Å². The van der Waals surface area contributed by atoms with Gasteiger partial charge in [-0.2, -0.15) is 0 Å². The average molecular weight is 371 g/mol. The summed E-state index contributed by atoms with van der Waals surface area (Å²) >= 11 is 0. The van der Waals surface area contributed by atoms with Gasteiger partial charge >= 0.3 is 6.09 Å². The van der Waals surface area contributed by atoms with Crippen molar-refractivity contribution in [3.63, 3.8) is 0 Å². The van der Waals surface area contributed by atoms with Gasteiger partial charge < -0.3 is 10.1 Å². The molecule has 24 heavy (non-hydrogen) atoms. The molecule has 0 radical (unpaired) electrons. The Morgan fingerprint density at radius 2 is 2.00 bits per heavy atom. The van der Waals surface area contributed by atoms with E-state index in [1.54, 1.807) is 20.8 Å². The van der Waals surface area contributed by atoms with Crippen molar-refractivity contribution in [3.8, 4) is 0 Å². The van der Waals surface area contributed by atoms with Crippen LogP contribution in [0, 0.1) is 0 Å². The van der Waals surface area contributed by atoms with Crippen LogP contribution in [0.4, 0.5) is 22.4 Å². The van der Waals surface area contributed by atoms with E-state index in [2.05, 4.69) is 5.32 Å². The van der Waals surface area contributed by atoms with Crippen LogP contribution in [0.25, 0.3) is 0 Å². The van der Waals surface area contributed by atoms with Crippen molar-refractivity contribution in [1.82, 2.24) is 5.32 Å². The van der Waals surface area contributed by atoms with Crippen molar-refractivity contribution >= 4 is 16.9 Å². The predicted octanol–water partition coefficient (Wildman–Crippen LogP) is 3.76.